The van der Waals surface area contributed by atoms with Crippen LogP contribution in [0.2, 0.25) is 5.15 Å². The van der Waals surface area contributed by atoms with Crippen LogP contribution in [0, 0.1) is 10.1 Å². The highest BCUT2D eigenvalue weighted by atomic mass is 35.5. The Morgan fingerprint density at radius 3 is 2.91 bits per heavy atom. The van der Waals surface area contributed by atoms with E-state index in [1.807, 2.05) is 0 Å². The van der Waals surface area contributed by atoms with E-state index in [0.717, 1.165) is 0 Å². The number of rotatable bonds is 5. The number of halogens is 1. The molecular weight excluding hydrogens is 312 g/mol. The standard InChI is InChI=1S/C13H11ClN4O4/c1-22-10-6-8(5-9(13(10)19)18(20)21)7-15-17-12-4-2-3-11(14)16-12/h2-7,19H,1H3,(H,16,17)/b15-7+. The van der Waals surface area contributed by atoms with Gasteiger partial charge in [0.15, 0.2) is 5.75 Å². The van der Waals surface area contributed by atoms with Gasteiger partial charge < -0.3 is 9.84 Å². The number of nitro benzene ring substituents is 1. The van der Waals surface area contributed by atoms with Crippen molar-refractivity contribution in [1.29, 1.82) is 0 Å². The van der Waals surface area contributed by atoms with Crippen molar-refractivity contribution in [1.82, 2.24) is 4.98 Å². The first kappa shape index (κ1) is 15.5. The van der Waals surface area contributed by atoms with Crippen LogP contribution in [0.1, 0.15) is 5.56 Å². The number of benzene rings is 1. The molecule has 1 aromatic carbocycles. The highest BCUT2D eigenvalue weighted by Crippen LogP contribution is 2.36. The number of anilines is 1. The van der Waals surface area contributed by atoms with Gasteiger partial charge in [-0.2, -0.15) is 5.10 Å². The van der Waals surface area contributed by atoms with Crippen molar-refractivity contribution < 1.29 is 14.8 Å². The Morgan fingerprint density at radius 1 is 1.50 bits per heavy atom. The minimum absolute atomic E-state index is 0.0171. The van der Waals surface area contributed by atoms with Crippen LogP contribution < -0.4 is 10.2 Å². The number of methoxy groups -OCH3 is 1. The first-order chi connectivity index (χ1) is 10.5. The minimum atomic E-state index is -0.707. The average molecular weight is 323 g/mol. The third-order valence-corrected chi connectivity index (χ3v) is 2.81. The summed E-state index contributed by atoms with van der Waals surface area (Å²) in [5.41, 5.74) is 2.54. The summed E-state index contributed by atoms with van der Waals surface area (Å²) in [6, 6.07) is 7.56. The van der Waals surface area contributed by atoms with E-state index in [-0.39, 0.29) is 5.75 Å². The van der Waals surface area contributed by atoms with E-state index in [1.54, 1.807) is 18.2 Å². The molecule has 0 fully saturated rings. The molecule has 0 aliphatic heterocycles. The van der Waals surface area contributed by atoms with Gasteiger partial charge in [-0.15, -0.1) is 0 Å². The number of aromatic hydroxyl groups is 1. The van der Waals surface area contributed by atoms with Crippen molar-refractivity contribution in [3.8, 4) is 11.5 Å². The molecule has 0 unspecified atom stereocenters. The second kappa shape index (κ2) is 6.72. The molecule has 9 heteroatoms. The van der Waals surface area contributed by atoms with Gasteiger partial charge in [0.05, 0.1) is 18.2 Å². The van der Waals surface area contributed by atoms with Crippen molar-refractivity contribution in [3.05, 3.63) is 51.2 Å². The predicted molar refractivity (Wildman–Crippen MR) is 81.8 cm³/mol. The van der Waals surface area contributed by atoms with Gasteiger partial charge in [0.2, 0.25) is 5.75 Å². The highest BCUT2D eigenvalue weighted by molar-refractivity contribution is 6.29. The molecule has 0 radical (unpaired) electrons. The van der Waals surface area contributed by atoms with Crippen molar-refractivity contribution in [2.24, 2.45) is 5.10 Å². The Kier molecular flexibility index (Phi) is 4.74. The second-order valence-electron chi connectivity index (χ2n) is 4.06. The summed E-state index contributed by atoms with van der Waals surface area (Å²) < 4.78 is 4.89. The second-order valence-corrected chi connectivity index (χ2v) is 4.45. The number of aromatic nitrogens is 1. The van der Waals surface area contributed by atoms with Crippen LogP contribution in [0.4, 0.5) is 11.5 Å². The Labute approximate surface area is 130 Å². The van der Waals surface area contributed by atoms with Crippen molar-refractivity contribution in [3.63, 3.8) is 0 Å². The molecule has 8 nitrogen and oxygen atoms in total. The van der Waals surface area contributed by atoms with Crippen LogP contribution in [0.25, 0.3) is 0 Å². The lowest BCUT2D eigenvalue weighted by molar-refractivity contribution is -0.386. The normalized spacial score (nSPS) is 10.6. The zero-order valence-corrected chi connectivity index (χ0v) is 12.1. The largest absolute Gasteiger partial charge is 0.500 e. The van der Waals surface area contributed by atoms with Gasteiger partial charge in [-0.1, -0.05) is 17.7 Å². The van der Waals surface area contributed by atoms with Crippen molar-refractivity contribution in [2.75, 3.05) is 12.5 Å². The number of phenolic OH excluding ortho intramolecular Hbond substituents is 1. The summed E-state index contributed by atoms with van der Waals surface area (Å²) in [6.07, 6.45) is 1.33. The molecule has 114 valence electrons. The first-order valence-electron chi connectivity index (χ1n) is 5.98. The summed E-state index contributed by atoms with van der Waals surface area (Å²) in [6.45, 7) is 0. The number of hydrogen-bond acceptors (Lipinski definition) is 7. The number of hydrazone groups is 1. The third kappa shape index (κ3) is 3.61. The zero-order chi connectivity index (χ0) is 16.1. The topological polar surface area (TPSA) is 110 Å². The smallest absolute Gasteiger partial charge is 0.315 e. The molecule has 2 aromatic rings. The number of ether oxygens (including phenoxy) is 1. The fraction of sp³-hybridized carbons (Fsp3) is 0.0769. The first-order valence-corrected chi connectivity index (χ1v) is 6.36. The SMILES string of the molecule is COc1cc(/C=N/Nc2cccc(Cl)n2)cc([N+](=O)[O-])c1O. The quantitative estimate of drug-likeness (QED) is 0.379. The lowest BCUT2D eigenvalue weighted by Gasteiger charge is -2.05. The monoisotopic (exact) mass is 322 g/mol. The van der Waals surface area contributed by atoms with Gasteiger partial charge in [0, 0.05) is 11.6 Å². The number of pyridine rings is 1. The molecule has 2 rings (SSSR count). The molecule has 0 saturated carbocycles. The third-order valence-electron chi connectivity index (χ3n) is 2.60. The van der Waals surface area contributed by atoms with Crippen molar-refractivity contribution in [2.45, 2.75) is 0 Å². The van der Waals surface area contributed by atoms with E-state index in [0.29, 0.717) is 16.5 Å². The van der Waals surface area contributed by atoms with E-state index in [9.17, 15) is 15.2 Å². The summed E-state index contributed by atoms with van der Waals surface area (Å²) in [5.74, 6) is -0.130. The zero-order valence-electron chi connectivity index (χ0n) is 11.4. The minimum Gasteiger partial charge on any atom is -0.500 e. The van der Waals surface area contributed by atoms with Crippen LogP contribution in [0.3, 0.4) is 0 Å². The van der Waals surface area contributed by atoms with Crippen molar-refractivity contribution >= 4 is 29.3 Å². The molecule has 0 aliphatic carbocycles. The molecule has 0 atom stereocenters. The summed E-state index contributed by atoms with van der Waals surface area (Å²) in [7, 11) is 1.30. The van der Waals surface area contributed by atoms with Crippen LogP contribution in [0.15, 0.2) is 35.4 Å². The molecule has 0 saturated heterocycles. The number of hydrogen-bond donors (Lipinski definition) is 2. The Hall–Kier alpha value is -2.87. The van der Waals surface area contributed by atoms with Gasteiger partial charge >= 0.3 is 5.69 Å². The van der Waals surface area contributed by atoms with Crippen LogP contribution in [-0.2, 0) is 0 Å². The lowest BCUT2D eigenvalue weighted by atomic mass is 10.2. The molecular formula is C13H11ClN4O4. The predicted octanol–water partition coefficient (Wildman–Crippen LogP) is 2.80. The maximum absolute atomic E-state index is 10.9. The lowest BCUT2D eigenvalue weighted by Crippen LogP contribution is -1.96. The van der Waals surface area contributed by atoms with Gasteiger partial charge in [-0.25, -0.2) is 4.98 Å². The van der Waals surface area contributed by atoms with Crippen LogP contribution >= 0.6 is 11.6 Å². The van der Waals surface area contributed by atoms with Gasteiger partial charge in [-0.05, 0) is 18.2 Å². The molecule has 0 aliphatic rings. The number of nitro groups is 1. The van der Waals surface area contributed by atoms with Gasteiger partial charge in [-0.3, -0.25) is 15.5 Å². The Balaban J connectivity index is 2.23. The molecule has 22 heavy (non-hydrogen) atoms. The number of phenols is 1. The van der Waals surface area contributed by atoms with Crippen LogP contribution in [-0.4, -0.2) is 28.3 Å². The fourth-order valence-corrected chi connectivity index (χ4v) is 1.79. The maximum atomic E-state index is 10.9. The van der Waals surface area contributed by atoms with E-state index < -0.39 is 16.4 Å². The summed E-state index contributed by atoms with van der Waals surface area (Å²) in [4.78, 5) is 14.1. The van der Waals surface area contributed by atoms with Crippen LogP contribution in [0.5, 0.6) is 11.5 Å². The Bertz CT molecular complexity index is 736. The molecule has 0 amide bonds. The van der Waals surface area contributed by atoms with Gasteiger partial charge in [0.25, 0.3) is 0 Å². The number of nitrogens with one attached hydrogen (secondary N) is 1. The summed E-state index contributed by atoms with van der Waals surface area (Å²) >= 11 is 5.73. The number of nitrogens with zero attached hydrogens (tertiary/aromatic N) is 3. The van der Waals surface area contributed by atoms with E-state index >= 15 is 0 Å². The molecule has 1 heterocycles. The average Bonchev–Trinajstić information content (AvgIpc) is 2.48. The molecule has 2 N–H and O–H groups in total. The van der Waals surface area contributed by atoms with Gasteiger partial charge in [0.1, 0.15) is 11.0 Å². The Morgan fingerprint density at radius 2 is 2.27 bits per heavy atom. The van der Waals surface area contributed by atoms with E-state index in [4.69, 9.17) is 16.3 Å². The highest BCUT2D eigenvalue weighted by Gasteiger charge is 2.19. The molecule has 0 bridgehead atoms. The summed E-state index contributed by atoms with van der Waals surface area (Å²) in [5, 5.41) is 24.8. The molecule has 0 spiro atoms. The fourth-order valence-electron chi connectivity index (χ4n) is 1.63. The van der Waals surface area contributed by atoms with E-state index in [2.05, 4.69) is 15.5 Å². The van der Waals surface area contributed by atoms with E-state index in [1.165, 1.54) is 25.5 Å². The maximum Gasteiger partial charge on any atom is 0.315 e. The molecule has 1 aromatic heterocycles.